The summed E-state index contributed by atoms with van der Waals surface area (Å²) in [6.45, 7) is 1.81. The zero-order valence-electron chi connectivity index (χ0n) is 14.4. The maximum Gasteiger partial charge on any atom is 0.248 e. The van der Waals surface area contributed by atoms with Gasteiger partial charge < -0.3 is 9.52 Å². The summed E-state index contributed by atoms with van der Waals surface area (Å²) < 4.78 is 31.8. The highest BCUT2D eigenvalue weighted by atomic mass is 32.1. The maximum absolute atomic E-state index is 13.1. The molecule has 1 N–H and O–H groups in total. The number of aryl methyl sites for hydroxylation is 1. The highest BCUT2D eigenvalue weighted by Crippen LogP contribution is 2.49. The van der Waals surface area contributed by atoms with Gasteiger partial charge >= 0.3 is 0 Å². The molecule has 1 fully saturated rings. The minimum absolute atomic E-state index is 0.252. The van der Waals surface area contributed by atoms with Crippen molar-refractivity contribution < 1.29 is 18.3 Å². The molecule has 5 rings (SSSR count). The standard InChI is InChI=1S/C20H16F2N2O2S/c1-10-23-15-5-2-11(6-16(15)26-10)14-4-3-12-7-17(27-19(12)24-14)18(25)13-8-20(21,22)9-13/h2-7,13,18,25H,8-9H2,1H3/t18-/m0/s1. The number of aromatic nitrogens is 2. The first kappa shape index (κ1) is 16.8. The molecule has 27 heavy (non-hydrogen) atoms. The number of alkyl halides is 2. The summed E-state index contributed by atoms with van der Waals surface area (Å²) in [6, 6.07) is 11.4. The largest absolute Gasteiger partial charge is 0.441 e. The number of aliphatic hydroxyl groups excluding tert-OH is 1. The number of rotatable bonds is 3. The van der Waals surface area contributed by atoms with Crippen LogP contribution < -0.4 is 0 Å². The summed E-state index contributed by atoms with van der Waals surface area (Å²) in [5.41, 5.74) is 3.21. The molecule has 0 amide bonds. The lowest BCUT2D eigenvalue weighted by molar-refractivity contribution is -0.141. The van der Waals surface area contributed by atoms with Crippen LogP contribution in [0.4, 0.5) is 8.78 Å². The summed E-state index contributed by atoms with van der Waals surface area (Å²) in [7, 11) is 0. The summed E-state index contributed by atoms with van der Waals surface area (Å²) in [5.74, 6) is -2.40. The molecule has 0 saturated heterocycles. The Morgan fingerprint density at radius 1 is 1.19 bits per heavy atom. The van der Waals surface area contributed by atoms with Crippen molar-refractivity contribution in [2.75, 3.05) is 0 Å². The fourth-order valence-corrected chi connectivity index (χ4v) is 4.72. The first-order valence-corrected chi connectivity index (χ1v) is 9.54. The van der Waals surface area contributed by atoms with E-state index in [1.807, 2.05) is 36.4 Å². The van der Waals surface area contributed by atoms with Gasteiger partial charge in [-0.15, -0.1) is 11.3 Å². The molecule has 3 heterocycles. The fraction of sp³-hybridized carbons (Fsp3) is 0.300. The van der Waals surface area contributed by atoms with E-state index in [1.54, 1.807) is 6.92 Å². The van der Waals surface area contributed by atoms with Crippen LogP contribution in [-0.2, 0) is 0 Å². The molecule has 1 aromatic carbocycles. The quantitative estimate of drug-likeness (QED) is 0.506. The number of pyridine rings is 1. The molecule has 1 atom stereocenters. The Labute approximate surface area is 157 Å². The monoisotopic (exact) mass is 386 g/mol. The third-order valence-corrected chi connectivity index (χ3v) is 6.17. The normalized spacial score (nSPS) is 18.1. The number of thiophene rings is 1. The van der Waals surface area contributed by atoms with Gasteiger partial charge in [0.15, 0.2) is 11.5 Å². The van der Waals surface area contributed by atoms with Crippen LogP contribution in [0.2, 0.25) is 0 Å². The summed E-state index contributed by atoms with van der Waals surface area (Å²) in [5, 5.41) is 11.3. The lowest BCUT2D eigenvalue weighted by Gasteiger charge is -2.37. The van der Waals surface area contributed by atoms with E-state index in [4.69, 9.17) is 9.40 Å². The van der Waals surface area contributed by atoms with Gasteiger partial charge in [-0.25, -0.2) is 18.7 Å². The number of fused-ring (bicyclic) bond motifs is 2. The highest BCUT2D eigenvalue weighted by Gasteiger charge is 2.48. The first-order chi connectivity index (χ1) is 12.9. The van der Waals surface area contributed by atoms with Gasteiger partial charge in [0.05, 0.1) is 11.8 Å². The molecule has 0 bridgehead atoms. The van der Waals surface area contributed by atoms with Gasteiger partial charge in [-0.3, -0.25) is 0 Å². The number of benzene rings is 1. The second-order valence-electron chi connectivity index (χ2n) is 7.12. The fourth-order valence-electron chi connectivity index (χ4n) is 3.61. The molecule has 3 aromatic heterocycles. The summed E-state index contributed by atoms with van der Waals surface area (Å²) in [6.07, 6.45) is -1.36. The van der Waals surface area contributed by atoms with E-state index >= 15 is 0 Å². The van der Waals surface area contributed by atoms with Crippen LogP contribution >= 0.6 is 11.3 Å². The molecule has 0 radical (unpaired) electrons. The maximum atomic E-state index is 13.1. The Hall–Kier alpha value is -2.38. The Morgan fingerprint density at radius 3 is 2.78 bits per heavy atom. The van der Waals surface area contributed by atoms with E-state index in [-0.39, 0.29) is 18.8 Å². The topological polar surface area (TPSA) is 59.2 Å². The van der Waals surface area contributed by atoms with E-state index in [0.717, 1.165) is 27.0 Å². The van der Waals surface area contributed by atoms with Crippen molar-refractivity contribution in [3.05, 3.63) is 47.2 Å². The second kappa shape index (κ2) is 5.81. The zero-order valence-corrected chi connectivity index (χ0v) is 15.3. The van der Waals surface area contributed by atoms with E-state index in [1.165, 1.54) is 11.3 Å². The average molecular weight is 386 g/mol. The van der Waals surface area contributed by atoms with E-state index < -0.39 is 12.0 Å². The van der Waals surface area contributed by atoms with Crippen molar-refractivity contribution in [3.8, 4) is 11.3 Å². The van der Waals surface area contributed by atoms with Crippen LogP contribution in [0.1, 0.15) is 29.7 Å². The van der Waals surface area contributed by atoms with Crippen LogP contribution in [-0.4, -0.2) is 21.0 Å². The van der Waals surface area contributed by atoms with Crippen LogP contribution in [0.5, 0.6) is 0 Å². The third kappa shape index (κ3) is 2.91. The van der Waals surface area contributed by atoms with Crippen LogP contribution in [0.15, 0.2) is 40.8 Å². The second-order valence-corrected chi connectivity index (χ2v) is 8.19. The van der Waals surface area contributed by atoms with Gasteiger partial charge in [-0.1, -0.05) is 6.07 Å². The number of nitrogens with zero attached hydrogens (tertiary/aromatic N) is 2. The lowest BCUT2D eigenvalue weighted by Crippen LogP contribution is -2.38. The first-order valence-electron chi connectivity index (χ1n) is 8.72. The van der Waals surface area contributed by atoms with E-state index in [2.05, 4.69) is 4.98 Å². The molecular formula is C20H16F2N2O2S. The molecule has 1 aliphatic rings. The number of halogens is 2. The Balaban J connectivity index is 1.47. The van der Waals surface area contributed by atoms with Crippen molar-refractivity contribution in [3.63, 3.8) is 0 Å². The smallest absolute Gasteiger partial charge is 0.248 e. The van der Waals surface area contributed by atoms with Gasteiger partial charge in [0.2, 0.25) is 5.92 Å². The van der Waals surface area contributed by atoms with E-state index in [9.17, 15) is 13.9 Å². The minimum Gasteiger partial charge on any atom is -0.441 e. The number of aliphatic hydroxyl groups is 1. The molecule has 7 heteroatoms. The molecule has 1 aliphatic carbocycles. The number of oxazole rings is 1. The molecule has 1 saturated carbocycles. The Bertz CT molecular complexity index is 1160. The predicted octanol–water partition coefficient (Wildman–Crippen LogP) is 5.49. The molecule has 138 valence electrons. The van der Waals surface area contributed by atoms with Crippen molar-refractivity contribution in [1.29, 1.82) is 0 Å². The van der Waals surface area contributed by atoms with Gasteiger partial charge in [-0.05, 0) is 30.3 Å². The van der Waals surface area contributed by atoms with Crippen LogP contribution in [0.25, 0.3) is 32.6 Å². The zero-order chi connectivity index (χ0) is 18.8. The SMILES string of the molecule is Cc1nc2ccc(-c3ccc4cc([C@@H](O)C5CC(F)(F)C5)sc4n3)cc2o1. The predicted molar refractivity (Wildman–Crippen MR) is 100.0 cm³/mol. The molecular weight excluding hydrogens is 370 g/mol. The molecule has 0 spiro atoms. The van der Waals surface area contributed by atoms with Crippen molar-refractivity contribution >= 4 is 32.7 Å². The number of hydrogen-bond donors (Lipinski definition) is 1. The highest BCUT2D eigenvalue weighted by molar-refractivity contribution is 7.18. The molecule has 0 aliphatic heterocycles. The molecule has 4 aromatic rings. The van der Waals surface area contributed by atoms with Gasteiger partial charge in [0.25, 0.3) is 0 Å². The summed E-state index contributed by atoms with van der Waals surface area (Å²) in [4.78, 5) is 10.5. The van der Waals surface area contributed by atoms with Crippen LogP contribution in [0, 0.1) is 12.8 Å². The average Bonchev–Trinajstić information content (AvgIpc) is 3.19. The lowest BCUT2D eigenvalue weighted by atomic mass is 9.77. The van der Waals surface area contributed by atoms with Gasteiger partial charge in [-0.2, -0.15) is 0 Å². The van der Waals surface area contributed by atoms with E-state index in [0.29, 0.717) is 16.4 Å². The Morgan fingerprint density at radius 2 is 2.00 bits per heavy atom. The van der Waals surface area contributed by atoms with Crippen molar-refractivity contribution in [2.24, 2.45) is 5.92 Å². The van der Waals surface area contributed by atoms with Crippen molar-refractivity contribution in [1.82, 2.24) is 9.97 Å². The van der Waals surface area contributed by atoms with Gasteiger partial charge in [0, 0.05) is 41.5 Å². The number of hydrogen-bond acceptors (Lipinski definition) is 5. The van der Waals surface area contributed by atoms with Crippen molar-refractivity contribution in [2.45, 2.75) is 31.8 Å². The van der Waals surface area contributed by atoms with Crippen LogP contribution in [0.3, 0.4) is 0 Å². The molecule has 4 nitrogen and oxygen atoms in total. The third-order valence-electron chi connectivity index (χ3n) is 5.05. The molecule has 0 unspecified atom stereocenters. The minimum atomic E-state index is -2.63. The van der Waals surface area contributed by atoms with Gasteiger partial charge in [0.1, 0.15) is 10.3 Å². The Kier molecular flexibility index (Phi) is 3.61. The summed E-state index contributed by atoms with van der Waals surface area (Å²) >= 11 is 1.36.